The van der Waals surface area contributed by atoms with Gasteiger partial charge in [-0.25, -0.2) is 19.2 Å². The monoisotopic (exact) mass is 591 g/mol. The average molecular weight is 592 g/mol. The summed E-state index contributed by atoms with van der Waals surface area (Å²) in [6, 6.07) is 13.3. The molecule has 4 aromatic rings. The Morgan fingerprint density at radius 2 is 2.00 bits per heavy atom. The molecule has 2 atom stereocenters. The molecular weight excluding hydrogens is 559 g/mol. The Kier molecular flexibility index (Phi) is 7.63. The van der Waals surface area contributed by atoms with Crippen LogP contribution in [-0.2, 0) is 13.1 Å². The lowest BCUT2D eigenvalue weighted by molar-refractivity contribution is 0.0691. The number of fused-ring (bicyclic) bond motifs is 2. The molecule has 6 rings (SSSR count). The van der Waals surface area contributed by atoms with E-state index < -0.39 is 24.0 Å². The Balaban J connectivity index is 1.21. The van der Waals surface area contributed by atoms with Gasteiger partial charge in [-0.1, -0.05) is 48.9 Å². The molecule has 0 spiro atoms. The van der Waals surface area contributed by atoms with E-state index >= 15 is 0 Å². The van der Waals surface area contributed by atoms with E-state index in [0.717, 1.165) is 42.9 Å². The number of hydrogen-bond acceptors (Lipinski definition) is 6. The number of hydrogen-bond donors (Lipinski definition) is 2. The maximum absolute atomic E-state index is 14.8. The molecule has 0 amide bonds. The Morgan fingerprint density at radius 1 is 1.19 bits per heavy atom. The fourth-order valence-corrected chi connectivity index (χ4v) is 5.87. The van der Waals surface area contributed by atoms with Crippen LogP contribution in [0.2, 0.25) is 5.02 Å². The van der Waals surface area contributed by atoms with Gasteiger partial charge in [0.05, 0.1) is 20.6 Å². The molecule has 0 unspecified atom stereocenters. The van der Waals surface area contributed by atoms with Gasteiger partial charge >= 0.3 is 5.97 Å². The highest BCUT2D eigenvalue weighted by Crippen LogP contribution is 2.42. The van der Waals surface area contributed by atoms with Crippen molar-refractivity contribution < 1.29 is 25.5 Å². The van der Waals surface area contributed by atoms with Crippen LogP contribution in [0.25, 0.3) is 17.2 Å². The van der Waals surface area contributed by atoms with Gasteiger partial charge in [0.2, 0.25) is 0 Å². The second-order valence-corrected chi connectivity index (χ2v) is 11.2. The quantitative estimate of drug-likeness (QED) is 0.251. The Bertz CT molecular complexity index is 1720. The SMILES string of the molecule is [2H][C@]1(c2ccc(Cl)cc2F)C=Cc2cccc(C3CCN(Cc4nc5ccc(C(=O)O)nc5n4C[C@@H](O)CC)CC3)c2O1. The predicted molar refractivity (Wildman–Crippen MR) is 158 cm³/mol. The number of rotatable bonds is 8. The highest BCUT2D eigenvalue weighted by Gasteiger charge is 2.29. The van der Waals surface area contributed by atoms with E-state index in [-0.39, 0.29) is 28.7 Å². The van der Waals surface area contributed by atoms with E-state index in [1.54, 1.807) is 18.2 Å². The molecule has 2 aliphatic heterocycles. The van der Waals surface area contributed by atoms with Crippen molar-refractivity contribution in [2.75, 3.05) is 13.1 Å². The molecule has 0 bridgehead atoms. The van der Waals surface area contributed by atoms with E-state index in [9.17, 15) is 19.4 Å². The maximum atomic E-state index is 14.8. The molecule has 4 heterocycles. The maximum Gasteiger partial charge on any atom is 0.354 e. The van der Waals surface area contributed by atoms with Crippen LogP contribution in [0.3, 0.4) is 0 Å². The first-order chi connectivity index (χ1) is 20.6. The van der Waals surface area contributed by atoms with Gasteiger partial charge in [-0.15, -0.1) is 0 Å². The highest BCUT2D eigenvalue weighted by atomic mass is 35.5. The van der Waals surface area contributed by atoms with Crippen molar-refractivity contribution in [3.63, 3.8) is 0 Å². The number of pyridine rings is 1. The summed E-state index contributed by atoms with van der Waals surface area (Å²) >= 11 is 5.94. The molecule has 218 valence electrons. The summed E-state index contributed by atoms with van der Waals surface area (Å²) in [7, 11) is 0. The summed E-state index contributed by atoms with van der Waals surface area (Å²) in [6.45, 7) is 4.24. The van der Waals surface area contributed by atoms with Crippen LogP contribution in [0.1, 0.15) is 72.6 Å². The number of halogens is 2. The van der Waals surface area contributed by atoms with E-state index in [2.05, 4.69) is 9.88 Å². The van der Waals surface area contributed by atoms with Crippen molar-refractivity contribution in [3.05, 3.63) is 93.7 Å². The number of para-hydroxylation sites is 1. The van der Waals surface area contributed by atoms with Gasteiger partial charge < -0.3 is 19.5 Å². The third-order valence-electron chi connectivity index (χ3n) is 8.05. The molecule has 1 fully saturated rings. The molecule has 2 aliphatic rings. The standard InChI is InChI=1S/C32H32ClFN4O4/c1-2-22(39)17-38-29(35-26-9-10-27(32(40)41)36-31(26)38)18-37-14-12-19(13-15-37)23-5-3-4-20-6-11-28(42-30(20)23)24-8-7-21(33)16-25(24)34/h3-11,16,19,22,28,39H,2,12-15,17-18H2,1H3,(H,40,41)/t22-,28+/m0/s1/i28D. The minimum atomic E-state index is -1.71. The molecule has 10 heteroatoms. The molecule has 0 radical (unpaired) electrons. The number of aromatic nitrogens is 3. The molecule has 0 saturated carbocycles. The van der Waals surface area contributed by atoms with Gasteiger partial charge in [-0.3, -0.25) is 4.90 Å². The minimum Gasteiger partial charge on any atom is -0.481 e. The van der Waals surface area contributed by atoms with Crippen LogP contribution in [0.15, 0.2) is 54.6 Å². The van der Waals surface area contributed by atoms with Gasteiger partial charge in [0.15, 0.2) is 11.3 Å². The zero-order valence-corrected chi connectivity index (χ0v) is 23.9. The number of carboxylic acid groups (broad SMARTS) is 1. The zero-order valence-electron chi connectivity index (χ0n) is 24.1. The predicted octanol–water partition coefficient (Wildman–Crippen LogP) is 6.22. The number of benzene rings is 2. The number of imidazole rings is 1. The number of piperidine rings is 1. The van der Waals surface area contributed by atoms with Crippen LogP contribution in [0.4, 0.5) is 4.39 Å². The minimum absolute atomic E-state index is 0.0641. The summed E-state index contributed by atoms with van der Waals surface area (Å²) in [4.78, 5) is 22.9. The summed E-state index contributed by atoms with van der Waals surface area (Å²) < 4.78 is 31.9. The van der Waals surface area contributed by atoms with E-state index in [1.807, 2.05) is 35.8 Å². The molecule has 42 heavy (non-hydrogen) atoms. The van der Waals surface area contributed by atoms with Gasteiger partial charge in [-0.05, 0) is 74.2 Å². The van der Waals surface area contributed by atoms with Gasteiger partial charge in [0, 0.05) is 16.1 Å². The second kappa shape index (κ2) is 11.8. The van der Waals surface area contributed by atoms with Crippen LogP contribution in [0.5, 0.6) is 5.75 Å². The lowest BCUT2D eigenvalue weighted by Gasteiger charge is -2.34. The third kappa shape index (κ3) is 5.64. The number of likely N-dealkylation sites (tertiary alicyclic amines) is 1. The molecule has 2 aromatic heterocycles. The first-order valence-corrected chi connectivity index (χ1v) is 14.5. The van der Waals surface area contributed by atoms with Crippen LogP contribution < -0.4 is 4.74 Å². The Morgan fingerprint density at radius 3 is 2.74 bits per heavy atom. The third-order valence-corrected chi connectivity index (χ3v) is 8.28. The van der Waals surface area contributed by atoms with Crippen molar-refractivity contribution in [1.29, 1.82) is 0 Å². The average Bonchev–Trinajstić information content (AvgIpc) is 3.32. The topological polar surface area (TPSA) is 101 Å². The van der Waals surface area contributed by atoms with Gasteiger partial charge in [-0.2, -0.15) is 0 Å². The molecular formula is C32H32ClFN4O4. The molecule has 2 N–H and O–H groups in total. The smallest absolute Gasteiger partial charge is 0.354 e. The van der Waals surface area contributed by atoms with Crippen molar-refractivity contribution in [1.82, 2.24) is 19.4 Å². The first-order valence-electron chi connectivity index (χ1n) is 14.6. The first kappa shape index (κ1) is 27.1. The van der Waals surface area contributed by atoms with E-state index in [0.29, 0.717) is 29.9 Å². The normalized spacial score (nSPS) is 20.2. The number of aliphatic hydroxyl groups excluding tert-OH is 1. The summed E-state index contributed by atoms with van der Waals surface area (Å²) in [5.41, 5.74) is 2.93. The van der Waals surface area contributed by atoms with Crippen molar-refractivity contribution in [2.45, 2.75) is 57.4 Å². The van der Waals surface area contributed by atoms with E-state index in [4.69, 9.17) is 22.7 Å². The Labute approximate surface area is 249 Å². The lowest BCUT2D eigenvalue weighted by Crippen LogP contribution is -2.34. The molecule has 0 aliphatic carbocycles. The van der Waals surface area contributed by atoms with E-state index in [1.165, 1.54) is 18.2 Å². The van der Waals surface area contributed by atoms with Gasteiger partial charge in [0.1, 0.15) is 29.0 Å². The Hall–Kier alpha value is -3.79. The van der Waals surface area contributed by atoms with Gasteiger partial charge in [0.25, 0.3) is 0 Å². The number of carbonyl (C=O) groups is 1. The molecule has 8 nitrogen and oxygen atoms in total. The summed E-state index contributed by atoms with van der Waals surface area (Å²) in [5, 5.41) is 20.1. The molecule has 2 aromatic carbocycles. The number of aromatic carboxylic acids is 1. The fourth-order valence-electron chi connectivity index (χ4n) is 5.71. The van der Waals surface area contributed by atoms with Crippen molar-refractivity contribution >= 4 is 34.8 Å². The van der Waals surface area contributed by atoms with Crippen LogP contribution in [0, 0.1) is 5.82 Å². The number of ether oxygens (including phenoxy) is 1. The largest absolute Gasteiger partial charge is 0.481 e. The summed E-state index contributed by atoms with van der Waals surface area (Å²) in [5.74, 6) is -0.197. The van der Waals surface area contributed by atoms with Crippen molar-refractivity contribution in [2.24, 2.45) is 0 Å². The van der Waals surface area contributed by atoms with Crippen LogP contribution >= 0.6 is 11.6 Å². The van der Waals surface area contributed by atoms with Crippen LogP contribution in [-0.4, -0.2) is 54.8 Å². The molecule has 1 saturated heterocycles. The number of aliphatic hydroxyl groups is 1. The highest BCUT2D eigenvalue weighted by molar-refractivity contribution is 6.30. The number of carboxylic acids is 1. The zero-order chi connectivity index (χ0) is 30.3. The number of nitrogens with zero attached hydrogens (tertiary/aromatic N) is 4. The summed E-state index contributed by atoms with van der Waals surface area (Å²) in [6.07, 6.45) is 3.27. The lowest BCUT2D eigenvalue weighted by atomic mass is 9.87. The second-order valence-electron chi connectivity index (χ2n) is 10.8. The van der Waals surface area contributed by atoms with Crippen molar-refractivity contribution in [3.8, 4) is 5.75 Å². The fraction of sp³-hybridized carbons (Fsp3) is 0.344.